The number of likely N-dealkylation sites (tertiary alicyclic amines) is 1. The number of rotatable bonds is 4. The number of esters is 1. The van der Waals surface area contributed by atoms with Crippen LogP contribution < -0.4 is 9.47 Å². The van der Waals surface area contributed by atoms with Crippen molar-refractivity contribution in [2.24, 2.45) is 0 Å². The molecule has 2 saturated heterocycles. The molecule has 2 fully saturated rings. The average molecular weight is 516 g/mol. The highest BCUT2D eigenvalue weighted by molar-refractivity contribution is 5.87. The van der Waals surface area contributed by atoms with Gasteiger partial charge in [-0.3, -0.25) is 9.69 Å². The van der Waals surface area contributed by atoms with E-state index in [0.29, 0.717) is 44.0 Å². The van der Waals surface area contributed by atoms with Crippen molar-refractivity contribution < 1.29 is 33.3 Å². The summed E-state index contributed by atoms with van der Waals surface area (Å²) >= 11 is 0. The molecule has 1 aromatic rings. The summed E-state index contributed by atoms with van der Waals surface area (Å²) in [5, 5.41) is 0. The molecule has 3 heterocycles. The van der Waals surface area contributed by atoms with Gasteiger partial charge in [0.05, 0.1) is 33.4 Å². The van der Waals surface area contributed by atoms with E-state index in [9.17, 15) is 14.4 Å². The van der Waals surface area contributed by atoms with E-state index < -0.39 is 17.1 Å². The lowest BCUT2D eigenvalue weighted by molar-refractivity contribution is -0.142. The second-order valence-corrected chi connectivity index (χ2v) is 10.8. The Labute approximate surface area is 218 Å². The Hall–Kier alpha value is -3.43. The molecule has 3 aliphatic rings. The van der Waals surface area contributed by atoms with Gasteiger partial charge < -0.3 is 28.7 Å². The van der Waals surface area contributed by atoms with Gasteiger partial charge in [-0.2, -0.15) is 0 Å². The Bertz CT molecular complexity index is 1120. The molecule has 10 nitrogen and oxygen atoms in total. The van der Waals surface area contributed by atoms with Gasteiger partial charge in [0.15, 0.2) is 0 Å². The molecule has 3 aliphatic heterocycles. The summed E-state index contributed by atoms with van der Waals surface area (Å²) in [5.74, 6) is 0.789. The first-order valence-corrected chi connectivity index (χ1v) is 12.5. The molecule has 202 valence electrons. The minimum Gasteiger partial charge on any atom is -0.497 e. The Morgan fingerprint density at radius 3 is 2.32 bits per heavy atom. The van der Waals surface area contributed by atoms with Crippen LogP contribution in [-0.2, 0) is 20.8 Å². The van der Waals surface area contributed by atoms with E-state index in [1.54, 1.807) is 28.9 Å². The van der Waals surface area contributed by atoms with E-state index >= 15 is 0 Å². The zero-order valence-corrected chi connectivity index (χ0v) is 22.8. The van der Waals surface area contributed by atoms with Gasteiger partial charge in [0, 0.05) is 36.3 Å². The summed E-state index contributed by atoms with van der Waals surface area (Å²) < 4.78 is 21.7. The highest BCUT2D eigenvalue weighted by Crippen LogP contribution is 2.49. The largest absolute Gasteiger partial charge is 0.497 e. The quantitative estimate of drug-likeness (QED) is 0.561. The Morgan fingerprint density at radius 1 is 1.08 bits per heavy atom. The van der Waals surface area contributed by atoms with Gasteiger partial charge in [0.25, 0.3) is 0 Å². The SMILES string of the molecule is COC(=O)CN1C(=O)N2Cc3cc(OC)cc(OC)c3C(C)C=C2C12CCN(C(=O)OC(C)(C)C)CC2. The van der Waals surface area contributed by atoms with Crippen LogP contribution in [0, 0.1) is 0 Å². The van der Waals surface area contributed by atoms with Gasteiger partial charge in [-0.1, -0.05) is 13.0 Å². The molecular weight excluding hydrogens is 478 g/mol. The van der Waals surface area contributed by atoms with Crippen LogP contribution in [0.25, 0.3) is 0 Å². The Kier molecular flexibility index (Phi) is 7.05. The molecule has 0 bridgehead atoms. The summed E-state index contributed by atoms with van der Waals surface area (Å²) in [4.78, 5) is 44.1. The van der Waals surface area contributed by atoms with Crippen molar-refractivity contribution in [2.45, 2.75) is 64.1 Å². The van der Waals surface area contributed by atoms with Gasteiger partial charge in [-0.25, -0.2) is 9.59 Å². The predicted molar refractivity (Wildman–Crippen MR) is 135 cm³/mol. The van der Waals surface area contributed by atoms with E-state index in [1.807, 2.05) is 32.9 Å². The third-order valence-electron chi connectivity index (χ3n) is 7.35. The van der Waals surface area contributed by atoms with E-state index in [4.69, 9.17) is 18.9 Å². The third-order valence-corrected chi connectivity index (χ3v) is 7.35. The minimum absolute atomic E-state index is 0.0671. The molecule has 1 unspecified atom stereocenters. The van der Waals surface area contributed by atoms with E-state index in [2.05, 4.69) is 13.0 Å². The fourth-order valence-electron chi connectivity index (χ4n) is 5.62. The maximum atomic E-state index is 13.9. The number of hydrogen-bond acceptors (Lipinski definition) is 7. The highest BCUT2D eigenvalue weighted by atomic mass is 16.6. The van der Waals surface area contributed by atoms with Crippen molar-refractivity contribution in [3.63, 3.8) is 0 Å². The summed E-state index contributed by atoms with van der Waals surface area (Å²) in [7, 11) is 4.53. The second-order valence-electron chi connectivity index (χ2n) is 10.8. The first-order chi connectivity index (χ1) is 17.4. The number of ether oxygens (including phenoxy) is 4. The number of benzene rings is 1. The summed E-state index contributed by atoms with van der Waals surface area (Å²) in [6.07, 6.45) is 2.66. The van der Waals surface area contributed by atoms with Crippen LogP contribution >= 0.6 is 0 Å². The lowest BCUT2D eigenvalue weighted by Gasteiger charge is -2.44. The average Bonchev–Trinajstić information content (AvgIpc) is 2.96. The summed E-state index contributed by atoms with van der Waals surface area (Å²) in [5.41, 5.74) is 1.41. The molecule has 0 aromatic heterocycles. The minimum atomic E-state index is -0.753. The van der Waals surface area contributed by atoms with Gasteiger partial charge >= 0.3 is 18.1 Å². The number of carbonyl (C=O) groups is 3. The number of amides is 3. The predicted octanol–water partition coefficient (Wildman–Crippen LogP) is 3.89. The van der Waals surface area contributed by atoms with Gasteiger partial charge in [-0.15, -0.1) is 0 Å². The molecule has 10 heteroatoms. The van der Waals surface area contributed by atoms with Crippen molar-refractivity contribution in [1.29, 1.82) is 0 Å². The number of urea groups is 1. The number of fused-ring (bicyclic) bond motifs is 3. The fraction of sp³-hybridized carbons (Fsp3) is 0.593. The number of methoxy groups -OCH3 is 3. The molecule has 0 radical (unpaired) electrons. The normalized spacial score (nSPS) is 20.6. The van der Waals surface area contributed by atoms with Gasteiger partial charge in [0.2, 0.25) is 0 Å². The molecule has 0 saturated carbocycles. The molecule has 1 aromatic carbocycles. The van der Waals surface area contributed by atoms with Crippen molar-refractivity contribution >= 4 is 18.1 Å². The zero-order valence-electron chi connectivity index (χ0n) is 22.8. The number of piperidine rings is 1. The first-order valence-electron chi connectivity index (χ1n) is 12.5. The second kappa shape index (κ2) is 9.79. The lowest BCUT2D eigenvalue weighted by atomic mass is 9.82. The molecule has 1 spiro atoms. The summed E-state index contributed by atoms with van der Waals surface area (Å²) in [6.45, 7) is 8.50. The lowest BCUT2D eigenvalue weighted by Crippen LogP contribution is -2.56. The first kappa shape index (κ1) is 26.6. The molecule has 3 amide bonds. The van der Waals surface area contributed by atoms with Crippen LogP contribution in [0.3, 0.4) is 0 Å². The van der Waals surface area contributed by atoms with Gasteiger partial charge in [-0.05, 0) is 45.2 Å². The van der Waals surface area contributed by atoms with Crippen molar-refractivity contribution in [1.82, 2.24) is 14.7 Å². The zero-order chi connectivity index (χ0) is 27.1. The number of carbonyl (C=O) groups excluding carboxylic acids is 3. The molecule has 1 atom stereocenters. The molecule has 0 N–H and O–H groups in total. The Morgan fingerprint density at radius 2 is 1.76 bits per heavy atom. The smallest absolute Gasteiger partial charge is 0.410 e. The maximum absolute atomic E-state index is 13.9. The van der Waals surface area contributed by atoms with Crippen LogP contribution in [0.1, 0.15) is 57.6 Å². The molecule has 4 rings (SSSR count). The van der Waals surface area contributed by atoms with E-state index in [-0.39, 0.29) is 24.6 Å². The molecular formula is C27H37N3O7. The molecule has 0 aliphatic carbocycles. The van der Waals surface area contributed by atoms with Crippen molar-refractivity contribution in [3.05, 3.63) is 35.0 Å². The Balaban J connectivity index is 1.73. The topological polar surface area (TPSA) is 97.9 Å². The van der Waals surface area contributed by atoms with E-state index in [1.165, 1.54) is 7.11 Å². The highest BCUT2D eigenvalue weighted by Gasteiger charge is 2.56. The van der Waals surface area contributed by atoms with Crippen LogP contribution in [0.5, 0.6) is 11.5 Å². The van der Waals surface area contributed by atoms with Crippen LogP contribution in [0.4, 0.5) is 9.59 Å². The van der Waals surface area contributed by atoms with Crippen LogP contribution in [-0.4, -0.2) is 84.9 Å². The number of hydrogen-bond donors (Lipinski definition) is 0. The standard InChI is InChI=1S/C27H37N3O7/c1-17-12-21-27(8-10-28(11-9-27)25(33)37-26(2,3)4)30(16-22(31)36-7)24(32)29(21)15-18-13-19(34-5)14-20(35-6)23(17)18/h12-14,17H,8-11,15-16H2,1-7H3. The van der Waals surface area contributed by atoms with Crippen molar-refractivity contribution in [2.75, 3.05) is 41.0 Å². The number of nitrogens with zero attached hydrogens (tertiary/aromatic N) is 3. The maximum Gasteiger partial charge on any atom is 0.410 e. The number of allylic oxidation sites excluding steroid dienone is 1. The van der Waals surface area contributed by atoms with Crippen LogP contribution in [0.15, 0.2) is 23.9 Å². The molecule has 37 heavy (non-hydrogen) atoms. The third kappa shape index (κ3) is 4.81. The van der Waals surface area contributed by atoms with Crippen LogP contribution in [0.2, 0.25) is 0 Å². The van der Waals surface area contributed by atoms with Gasteiger partial charge in [0.1, 0.15) is 23.6 Å². The van der Waals surface area contributed by atoms with E-state index in [0.717, 1.165) is 16.8 Å². The summed E-state index contributed by atoms with van der Waals surface area (Å²) in [6, 6.07) is 3.52. The van der Waals surface area contributed by atoms with Crippen molar-refractivity contribution in [3.8, 4) is 11.5 Å². The monoisotopic (exact) mass is 515 g/mol. The fourth-order valence-corrected chi connectivity index (χ4v) is 5.62.